The van der Waals surface area contributed by atoms with Crippen LogP contribution in [-0.4, -0.2) is 23.7 Å². The molecule has 3 rings (SSSR count). The number of phenols is 1. The number of phenolic OH excluding ortho intramolecular Hbond substituents is 1. The summed E-state index contributed by atoms with van der Waals surface area (Å²) in [5, 5.41) is 12.7. The Bertz CT molecular complexity index is 579. The largest absolute Gasteiger partial charge is 0.508 e. The van der Waals surface area contributed by atoms with Gasteiger partial charge in [-0.25, -0.2) is 4.98 Å². The van der Waals surface area contributed by atoms with E-state index in [0.717, 1.165) is 42.4 Å². The van der Waals surface area contributed by atoms with E-state index in [0.29, 0.717) is 0 Å². The molecule has 5 heteroatoms. The highest BCUT2D eigenvalue weighted by atomic mass is 32.1. The van der Waals surface area contributed by atoms with Gasteiger partial charge in [0.25, 0.3) is 0 Å². The van der Waals surface area contributed by atoms with E-state index >= 15 is 0 Å². The van der Waals surface area contributed by atoms with Gasteiger partial charge in [-0.05, 0) is 25.0 Å². The predicted octanol–water partition coefficient (Wildman–Crippen LogP) is 3.34. The maximum atomic E-state index is 9.52. The van der Waals surface area contributed by atoms with Gasteiger partial charge in [-0.3, -0.25) is 0 Å². The normalized spacial score (nSPS) is 18.4. The Hall–Kier alpha value is -1.59. The predicted molar refractivity (Wildman–Crippen MR) is 80.3 cm³/mol. The third kappa shape index (κ3) is 2.94. The molecule has 20 heavy (non-hydrogen) atoms. The SMILES string of the molecule is CN(Cc1csc([C@@H]2CCCO2)n1)c1cccc(O)c1. The van der Waals surface area contributed by atoms with Crippen molar-refractivity contribution < 1.29 is 9.84 Å². The van der Waals surface area contributed by atoms with Crippen molar-refractivity contribution in [2.45, 2.75) is 25.5 Å². The van der Waals surface area contributed by atoms with Crippen molar-refractivity contribution >= 4 is 17.0 Å². The summed E-state index contributed by atoms with van der Waals surface area (Å²) in [5.74, 6) is 0.285. The molecule has 0 unspecified atom stereocenters. The summed E-state index contributed by atoms with van der Waals surface area (Å²) in [4.78, 5) is 6.75. The van der Waals surface area contributed by atoms with Crippen molar-refractivity contribution in [2.24, 2.45) is 0 Å². The van der Waals surface area contributed by atoms with Crippen LogP contribution >= 0.6 is 11.3 Å². The molecule has 4 nitrogen and oxygen atoms in total. The number of nitrogens with zero attached hydrogens (tertiary/aromatic N) is 2. The zero-order chi connectivity index (χ0) is 13.9. The highest BCUT2D eigenvalue weighted by molar-refractivity contribution is 7.09. The molecule has 2 heterocycles. The summed E-state index contributed by atoms with van der Waals surface area (Å²) in [5.41, 5.74) is 2.03. The van der Waals surface area contributed by atoms with Gasteiger partial charge in [-0.2, -0.15) is 0 Å². The molecule has 1 aliphatic rings. The van der Waals surface area contributed by atoms with Gasteiger partial charge in [0.2, 0.25) is 0 Å². The molecule has 0 spiro atoms. The number of ether oxygens (including phenoxy) is 1. The first-order chi connectivity index (χ1) is 9.72. The van der Waals surface area contributed by atoms with Gasteiger partial charge in [0.05, 0.1) is 12.2 Å². The molecule has 1 aromatic carbocycles. The van der Waals surface area contributed by atoms with Gasteiger partial charge in [0.15, 0.2) is 0 Å². The average molecular weight is 290 g/mol. The number of hydrogen-bond acceptors (Lipinski definition) is 5. The Labute approximate surface area is 122 Å². The van der Waals surface area contributed by atoms with Crippen LogP contribution in [0.5, 0.6) is 5.75 Å². The van der Waals surface area contributed by atoms with Crippen molar-refractivity contribution in [1.29, 1.82) is 0 Å². The summed E-state index contributed by atoms with van der Waals surface area (Å²) < 4.78 is 5.66. The standard InChI is InChI=1S/C15H18N2O2S/c1-17(12-4-2-5-13(18)8-12)9-11-10-20-15(16-11)14-6-3-7-19-14/h2,4-5,8,10,14,18H,3,6-7,9H2,1H3/t14-/m0/s1. The Balaban J connectivity index is 1.68. The van der Waals surface area contributed by atoms with Crippen LogP contribution in [0.15, 0.2) is 29.6 Å². The number of rotatable bonds is 4. The summed E-state index contributed by atoms with van der Waals surface area (Å²) in [6.45, 7) is 1.58. The van der Waals surface area contributed by atoms with E-state index in [1.165, 1.54) is 0 Å². The molecule has 1 atom stereocenters. The Morgan fingerprint density at radius 2 is 2.40 bits per heavy atom. The summed E-state index contributed by atoms with van der Waals surface area (Å²) >= 11 is 1.67. The van der Waals surface area contributed by atoms with Gasteiger partial charge < -0.3 is 14.7 Å². The smallest absolute Gasteiger partial charge is 0.122 e. The minimum Gasteiger partial charge on any atom is -0.508 e. The van der Waals surface area contributed by atoms with Gasteiger partial charge >= 0.3 is 0 Å². The second kappa shape index (κ2) is 5.81. The third-order valence-corrected chi connectivity index (χ3v) is 4.43. The maximum absolute atomic E-state index is 9.52. The lowest BCUT2D eigenvalue weighted by molar-refractivity contribution is 0.111. The number of hydrogen-bond donors (Lipinski definition) is 1. The van der Waals surface area contributed by atoms with Crippen LogP contribution in [0.25, 0.3) is 0 Å². The highest BCUT2D eigenvalue weighted by Gasteiger charge is 2.21. The molecule has 0 radical (unpaired) electrons. The zero-order valence-electron chi connectivity index (χ0n) is 11.5. The van der Waals surface area contributed by atoms with Crippen LogP contribution in [0, 0.1) is 0 Å². The Kier molecular flexibility index (Phi) is 3.89. The fraction of sp³-hybridized carbons (Fsp3) is 0.400. The molecule has 0 amide bonds. The van der Waals surface area contributed by atoms with E-state index in [1.807, 2.05) is 19.2 Å². The van der Waals surface area contributed by atoms with Gasteiger partial charge in [0, 0.05) is 30.8 Å². The molecule has 1 fully saturated rings. The van der Waals surface area contributed by atoms with Crippen LogP contribution in [0.3, 0.4) is 0 Å². The van der Waals surface area contributed by atoms with Crippen LogP contribution in [-0.2, 0) is 11.3 Å². The zero-order valence-corrected chi connectivity index (χ0v) is 12.3. The van der Waals surface area contributed by atoms with E-state index in [9.17, 15) is 5.11 Å². The van der Waals surface area contributed by atoms with E-state index < -0.39 is 0 Å². The summed E-state index contributed by atoms with van der Waals surface area (Å²) in [6, 6.07) is 7.26. The molecule has 0 bridgehead atoms. The van der Waals surface area contributed by atoms with E-state index in [-0.39, 0.29) is 11.9 Å². The quantitative estimate of drug-likeness (QED) is 0.938. The van der Waals surface area contributed by atoms with E-state index in [1.54, 1.807) is 23.5 Å². The first-order valence-corrected chi connectivity index (χ1v) is 7.66. The Morgan fingerprint density at radius 1 is 1.50 bits per heavy atom. The van der Waals surface area contributed by atoms with Crippen molar-refractivity contribution in [3.63, 3.8) is 0 Å². The summed E-state index contributed by atoms with van der Waals surface area (Å²) in [6.07, 6.45) is 2.40. The summed E-state index contributed by atoms with van der Waals surface area (Å²) in [7, 11) is 2.00. The molecule has 0 aliphatic carbocycles. The highest BCUT2D eigenvalue weighted by Crippen LogP contribution is 2.31. The lowest BCUT2D eigenvalue weighted by Gasteiger charge is -2.18. The Morgan fingerprint density at radius 3 is 3.15 bits per heavy atom. The van der Waals surface area contributed by atoms with Crippen LogP contribution in [0.4, 0.5) is 5.69 Å². The minimum absolute atomic E-state index is 0.194. The molecular formula is C15H18N2O2S. The first-order valence-electron chi connectivity index (χ1n) is 6.78. The third-order valence-electron chi connectivity index (χ3n) is 3.44. The fourth-order valence-electron chi connectivity index (χ4n) is 2.38. The monoisotopic (exact) mass is 290 g/mol. The van der Waals surface area contributed by atoms with Crippen LogP contribution in [0.2, 0.25) is 0 Å². The number of benzene rings is 1. The lowest BCUT2D eigenvalue weighted by Crippen LogP contribution is -2.16. The van der Waals surface area contributed by atoms with Crippen molar-refractivity contribution in [2.75, 3.05) is 18.6 Å². The van der Waals surface area contributed by atoms with Gasteiger partial charge in [0.1, 0.15) is 16.9 Å². The minimum atomic E-state index is 0.194. The topological polar surface area (TPSA) is 45.6 Å². The van der Waals surface area contributed by atoms with E-state index in [2.05, 4.69) is 15.3 Å². The number of anilines is 1. The molecule has 1 aromatic heterocycles. The molecule has 1 N–H and O–H groups in total. The van der Waals surface area contributed by atoms with Gasteiger partial charge in [-0.15, -0.1) is 11.3 Å². The lowest BCUT2D eigenvalue weighted by atomic mass is 10.2. The molecule has 106 valence electrons. The second-order valence-corrected chi connectivity index (χ2v) is 5.94. The van der Waals surface area contributed by atoms with Crippen molar-refractivity contribution in [1.82, 2.24) is 4.98 Å². The van der Waals surface area contributed by atoms with Crippen LogP contribution < -0.4 is 4.90 Å². The van der Waals surface area contributed by atoms with Crippen molar-refractivity contribution in [3.05, 3.63) is 40.3 Å². The van der Waals surface area contributed by atoms with Gasteiger partial charge in [-0.1, -0.05) is 6.07 Å². The maximum Gasteiger partial charge on any atom is 0.122 e. The number of aromatic hydroxyl groups is 1. The number of aromatic nitrogens is 1. The van der Waals surface area contributed by atoms with Crippen molar-refractivity contribution in [3.8, 4) is 5.75 Å². The second-order valence-electron chi connectivity index (χ2n) is 5.05. The molecule has 2 aromatic rings. The molecule has 0 saturated carbocycles. The molecule has 1 aliphatic heterocycles. The molecular weight excluding hydrogens is 272 g/mol. The molecule has 1 saturated heterocycles. The first kappa shape index (κ1) is 13.4. The fourth-order valence-corrected chi connectivity index (χ4v) is 3.27. The number of thiazole rings is 1. The average Bonchev–Trinajstić information content (AvgIpc) is 3.08. The van der Waals surface area contributed by atoms with Crippen LogP contribution in [0.1, 0.15) is 29.6 Å². The van der Waals surface area contributed by atoms with E-state index in [4.69, 9.17) is 4.74 Å².